The number of aromatic amines is 1. The monoisotopic (exact) mass is 350 g/mol. The summed E-state index contributed by atoms with van der Waals surface area (Å²) in [4.78, 5) is 28.0. The van der Waals surface area contributed by atoms with Gasteiger partial charge in [-0.15, -0.1) is 0 Å². The third-order valence-electron chi connectivity index (χ3n) is 3.17. The molecule has 0 aliphatic carbocycles. The molecule has 0 aliphatic heterocycles. The number of halogens is 2. The van der Waals surface area contributed by atoms with Crippen molar-refractivity contribution in [2.75, 3.05) is 0 Å². The first kappa shape index (κ1) is 15.0. The molecule has 0 aliphatic rings. The van der Waals surface area contributed by atoms with Gasteiger partial charge in [0.25, 0.3) is 11.5 Å². The quantitative estimate of drug-likeness (QED) is 0.673. The zero-order chi connectivity index (χ0) is 15.9. The van der Waals surface area contributed by atoms with E-state index in [0.29, 0.717) is 15.9 Å². The maximum atomic E-state index is 12.6. The normalized spacial score (nSPS) is 10.8. The third-order valence-corrected chi connectivity index (χ3v) is 4.20. The second kappa shape index (κ2) is 5.68. The van der Waals surface area contributed by atoms with E-state index < -0.39 is 11.5 Å². The number of hydrogen-bond donors (Lipinski definition) is 1. The van der Waals surface area contributed by atoms with E-state index in [-0.39, 0.29) is 15.4 Å². The number of fused-ring (bicyclic) bond motifs is 1. The Morgan fingerprint density at radius 3 is 2.55 bits per heavy atom. The summed E-state index contributed by atoms with van der Waals surface area (Å²) in [5.41, 5.74) is 0.331. The van der Waals surface area contributed by atoms with E-state index in [2.05, 4.69) is 4.98 Å². The summed E-state index contributed by atoms with van der Waals surface area (Å²) in [7, 11) is 0. The van der Waals surface area contributed by atoms with Gasteiger partial charge in [-0.1, -0.05) is 35.3 Å². The molecule has 0 atom stereocenters. The van der Waals surface area contributed by atoms with Crippen LogP contribution < -0.4 is 5.56 Å². The van der Waals surface area contributed by atoms with Crippen LogP contribution in [0, 0.1) is 4.77 Å². The van der Waals surface area contributed by atoms with Gasteiger partial charge in [-0.25, -0.2) is 4.57 Å². The lowest BCUT2D eigenvalue weighted by Gasteiger charge is -2.07. The molecule has 0 saturated carbocycles. The summed E-state index contributed by atoms with van der Waals surface area (Å²) in [6, 6.07) is 11.2. The van der Waals surface area contributed by atoms with Crippen LogP contribution >= 0.6 is 35.4 Å². The lowest BCUT2D eigenvalue weighted by atomic mass is 10.2. The highest BCUT2D eigenvalue weighted by Gasteiger charge is 2.15. The smallest absolute Gasteiger partial charge is 0.269 e. The van der Waals surface area contributed by atoms with Gasteiger partial charge in [0.1, 0.15) is 0 Å². The minimum atomic E-state index is -0.560. The van der Waals surface area contributed by atoms with E-state index in [0.717, 1.165) is 4.57 Å². The second-order valence-electron chi connectivity index (χ2n) is 4.55. The Balaban J connectivity index is 2.25. The number of nitrogens with zero attached hydrogens (tertiary/aromatic N) is 1. The van der Waals surface area contributed by atoms with Gasteiger partial charge in [-0.05, 0) is 42.5 Å². The van der Waals surface area contributed by atoms with Crippen LogP contribution in [0.5, 0.6) is 0 Å². The predicted octanol–water partition coefficient (Wildman–Crippen LogP) is 4.05. The van der Waals surface area contributed by atoms with Crippen molar-refractivity contribution in [1.29, 1.82) is 0 Å². The highest BCUT2D eigenvalue weighted by atomic mass is 35.5. The molecule has 1 aromatic heterocycles. The summed E-state index contributed by atoms with van der Waals surface area (Å²) >= 11 is 16.9. The van der Waals surface area contributed by atoms with Crippen LogP contribution in [0.4, 0.5) is 0 Å². The van der Waals surface area contributed by atoms with Crippen LogP contribution in [0.25, 0.3) is 10.9 Å². The molecule has 3 aromatic rings. The molecule has 1 N–H and O–H groups in total. The van der Waals surface area contributed by atoms with E-state index in [1.165, 1.54) is 18.2 Å². The summed E-state index contributed by atoms with van der Waals surface area (Å²) in [5, 5.41) is 0.940. The molecule has 0 spiro atoms. The molecule has 1 heterocycles. The van der Waals surface area contributed by atoms with Gasteiger partial charge < -0.3 is 4.98 Å². The van der Waals surface area contributed by atoms with Crippen LogP contribution in [0.1, 0.15) is 10.4 Å². The van der Waals surface area contributed by atoms with E-state index in [1.54, 1.807) is 24.3 Å². The summed E-state index contributed by atoms with van der Waals surface area (Å²) in [6.07, 6.45) is 0. The summed E-state index contributed by atoms with van der Waals surface area (Å²) in [5.74, 6) is -0.560. The minimum Gasteiger partial charge on any atom is -0.331 e. The van der Waals surface area contributed by atoms with Crippen LogP contribution in [0.3, 0.4) is 0 Å². The predicted molar refractivity (Wildman–Crippen MR) is 89.6 cm³/mol. The summed E-state index contributed by atoms with van der Waals surface area (Å²) < 4.78 is 0.941. The van der Waals surface area contributed by atoms with Gasteiger partial charge in [-0.2, -0.15) is 0 Å². The molecule has 0 unspecified atom stereocenters. The van der Waals surface area contributed by atoms with Crippen molar-refractivity contribution in [1.82, 2.24) is 9.55 Å². The van der Waals surface area contributed by atoms with E-state index in [1.807, 2.05) is 0 Å². The number of aromatic nitrogens is 2. The van der Waals surface area contributed by atoms with Gasteiger partial charge in [0, 0.05) is 5.56 Å². The molecule has 4 nitrogen and oxygen atoms in total. The maximum Gasteiger partial charge on any atom is 0.269 e. The molecule has 22 heavy (non-hydrogen) atoms. The van der Waals surface area contributed by atoms with Crippen molar-refractivity contribution in [3.8, 4) is 0 Å². The number of rotatable bonds is 1. The maximum absolute atomic E-state index is 12.6. The highest BCUT2D eigenvalue weighted by molar-refractivity contribution is 7.71. The van der Waals surface area contributed by atoms with Gasteiger partial charge in [0.2, 0.25) is 0 Å². The lowest BCUT2D eigenvalue weighted by Crippen LogP contribution is -2.29. The highest BCUT2D eigenvalue weighted by Crippen LogP contribution is 2.23. The van der Waals surface area contributed by atoms with E-state index in [9.17, 15) is 9.59 Å². The molecule has 0 radical (unpaired) electrons. The molecular formula is C15H8Cl2N2O2S. The molecule has 0 bridgehead atoms. The lowest BCUT2D eigenvalue weighted by molar-refractivity contribution is 0.0953. The zero-order valence-corrected chi connectivity index (χ0v) is 13.3. The number of benzene rings is 2. The van der Waals surface area contributed by atoms with Crippen molar-refractivity contribution in [2.24, 2.45) is 0 Å². The SMILES string of the molecule is O=C(c1ccc(Cl)c(Cl)c1)n1c(=S)[nH]c2ccccc2c1=O. The molecule has 0 fully saturated rings. The first-order chi connectivity index (χ1) is 10.5. The van der Waals surface area contributed by atoms with Crippen molar-refractivity contribution < 1.29 is 4.79 Å². The van der Waals surface area contributed by atoms with Crippen molar-refractivity contribution in [2.45, 2.75) is 0 Å². The average molecular weight is 351 g/mol. The topological polar surface area (TPSA) is 54.9 Å². The standard InChI is InChI=1S/C15H8Cl2N2O2S/c16-10-6-5-8(7-11(10)17)13(20)19-14(21)9-3-1-2-4-12(9)18-15(19)22/h1-7H,(H,18,22). The number of carbonyl (C=O) groups is 1. The fraction of sp³-hybridized carbons (Fsp3) is 0. The molecular weight excluding hydrogens is 343 g/mol. The van der Waals surface area contributed by atoms with Crippen LogP contribution in [-0.4, -0.2) is 15.5 Å². The Bertz CT molecular complexity index is 1020. The minimum absolute atomic E-state index is 0.0276. The number of H-pyrrole nitrogens is 1. The number of para-hydroxylation sites is 1. The Kier molecular flexibility index (Phi) is 3.87. The van der Waals surface area contributed by atoms with Gasteiger partial charge in [-0.3, -0.25) is 9.59 Å². The molecule has 110 valence electrons. The van der Waals surface area contributed by atoms with Crippen molar-refractivity contribution in [3.05, 3.63) is 73.2 Å². The van der Waals surface area contributed by atoms with E-state index in [4.69, 9.17) is 35.4 Å². The molecule has 7 heteroatoms. The Labute approximate surface area is 139 Å². The molecule has 0 amide bonds. The van der Waals surface area contributed by atoms with Crippen molar-refractivity contribution in [3.63, 3.8) is 0 Å². The average Bonchev–Trinajstić information content (AvgIpc) is 2.50. The fourth-order valence-electron chi connectivity index (χ4n) is 2.11. The fourth-order valence-corrected chi connectivity index (χ4v) is 2.68. The Morgan fingerprint density at radius 2 is 1.82 bits per heavy atom. The van der Waals surface area contributed by atoms with Crippen LogP contribution in [0.2, 0.25) is 10.0 Å². The third kappa shape index (κ3) is 2.47. The largest absolute Gasteiger partial charge is 0.331 e. The summed E-state index contributed by atoms with van der Waals surface area (Å²) in [6.45, 7) is 0. The van der Waals surface area contributed by atoms with E-state index >= 15 is 0 Å². The Hall–Kier alpha value is -1.95. The number of carbonyl (C=O) groups excluding carboxylic acids is 1. The zero-order valence-electron chi connectivity index (χ0n) is 11.0. The van der Waals surface area contributed by atoms with Crippen LogP contribution in [0.15, 0.2) is 47.3 Å². The van der Waals surface area contributed by atoms with Gasteiger partial charge in [0.05, 0.1) is 20.9 Å². The first-order valence-electron chi connectivity index (χ1n) is 6.23. The van der Waals surface area contributed by atoms with Gasteiger partial charge >= 0.3 is 0 Å². The second-order valence-corrected chi connectivity index (χ2v) is 5.75. The van der Waals surface area contributed by atoms with Crippen molar-refractivity contribution >= 4 is 52.2 Å². The Morgan fingerprint density at radius 1 is 1.09 bits per heavy atom. The number of nitrogens with one attached hydrogen (secondary N) is 1. The first-order valence-corrected chi connectivity index (χ1v) is 7.39. The van der Waals surface area contributed by atoms with Gasteiger partial charge in [0.15, 0.2) is 4.77 Å². The molecule has 0 saturated heterocycles. The molecule has 3 rings (SSSR count). The van der Waals surface area contributed by atoms with Crippen LogP contribution in [-0.2, 0) is 0 Å². The number of hydrogen-bond acceptors (Lipinski definition) is 3. The molecule has 2 aromatic carbocycles.